The van der Waals surface area contributed by atoms with Gasteiger partial charge >= 0.3 is 12.6 Å². The second-order valence-corrected chi connectivity index (χ2v) is 6.94. The number of nitrogens with zero attached hydrogens (tertiary/aromatic N) is 7. The summed E-state index contributed by atoms with van der Waals surface area (Å²) in [6.07, 6.45) is 8.74. The monoisotopic (exact) mass is 413 g/mol. The summed E-state index contributed by atoms with van der Waals surface area (Å²) in [5, 5.41) is 8.35. The van der Waals surface area contributed by atoms with Crippen LogP contribution in [-0.4, -0.2) is 48.6 Å². The number of alkyl halides is 2. The van der Waals surface area contributed by atoms with E-state index in [4.69, 9.17) is 9.47 Å². The Kier molecular flexibility index (Phi) is 4.30. The van der Waals surface area contributed by atoms with Crippen LogP contribution in [0.4, 0.5) is 8.78 Å². The topological polar surface area (TPSA) is 92.3 Å². The lowest BCUT2D eigenvalue weighted by molar-refractivity contribution is 0.0565. The Labute approximate surface area is 169 Å². The molecular formula is C19H17F2N7O2. The second-order valence-electron chi connectivity index (χ2n) is 6.94. The van der Waals surface area contributed by atoms with Gasteiger partial charge in [-0.15, -0.1) is 0 Å². The Hall–Kier alpha value is -3.63. The van der Waals surface area contributed by atoms with Gasteiger partial charge in [0, 0.05) is 30.4 Å². The largest absolute Gasteiger partial charge is 0.480 e. The van der Waals surface area contributed by atoms with Crippen LogP contribution in [0.2, 0.25) is 0 Å². The molecule has 30 heavy (non-hydrogen) atoms. The maximum Gasteiger partial charge on any atom is 0.333 e. The van der Waals surface area contributed by atoms with Crippen LogP contribution < -0.4 is 9.47 Å². The highest BCUT2D eigenvalue weighted by Gasteiger charge is 2.42. The van der Waals surface area contributed by atoms with E-state index in [0.717, 1.165) is 23.2 Å². The maximum atomic E-state index is 12.9. The number of rotatable bonds is 6. The molecule has 0 spiro atoms. The van der Waals surface area contributed by atoms with Gasteiger partial charge in [0.1, 0.15) is 0 Å². The van der Waals surface area contributed by atoms with E-state index in [1.54, 1.807) is 23.1 Å². The minimum absolute atomic E-state index is 0.0993. The first-order valence-corrected chi connectivity index (χ1v) is 9.21. The van der Waals surface area contributed by atoms with Gasteiger partial charge in [-0.05, 0) is 29.9 Å². The number of methoxy groups -OCH3 is 2. The molecule has 0 aliphatic heterocycles. The summed E-state index contributed by atoms with van der Waals surface area (Å²) in [7, 11) is 2.99. The first-order chi connectivity index (χ1) is 14.6. The molecule has 0 radical (unpaired) electrons. The quantitative estimate of drug-likeness (QED) is 0.480. The molecule has 0 amide bonds. The molecular weight excluding hydrogens is 396 g/mol. The normalized spacial score (nSPS) is 18.2. The van der Waals surface area contributed by atoms with Crippen molar-refractivity contribution in [3.05, 3.63) is 48.2 Å². The fraction of sp³-hybridized carbons (Fsp3) is 0.316. The third-order valence-electron chi connectivity index (χ3n) is 5.21. The third kappa shape index (κ3) is 3.02. The van der Waals surface area contributed by atoms with Gasteiger partial charge in [-0.1, -0.05) is 0 Å². The van der Waals surface area contributed by atoms with Crippen LogP contribution in [0.3, 0.4) is 0 Å². The van der Waals surface area contributed by atoms with Gasteiger partial charge in [0.2, 0.25) is 5.88 Å². The number of imidazole rings is 1. The molecule has 4 aromatic rings. The third-order valence-corrected chi connectivity index (χ3v) is 5.21. The highest BCUT2D eigenvalue weighted by Crippen LogP contribution is 2.55. The number of ether oxygens (including phenoxy) is 2. The molecule has 2 atom stereocenters. The average molecular weight is 413 g/mol. The molecule has 1 aliphatic carbocycles. The SMILES string of the molecule is COc1ncc(-c2cc([C@H]3C[C@@H]3c3cnn(C(F)F)c3)c3nccn3n2)c(OC)n1. The van der Waals surface area contributed by atoms with Crippen LogP contribution in [0.15, 0.2) is 37.1 Å². The van der Waals surface area contributed by atoms with Gasteiger partial charge in [0.15, 0.2) is 5.65 Å². The Morgan fingerprint density at radius 1 is 1.13 bits per heavy atom. The highest BCUT2D eigenvalue weighted by molar-refractivity contribution is 5.68. The molecule has 4 heterocycles. The van der Waals surface area contributed by atoms with E-state index in [-0.39, 0.29) is 17.8 Å². The van der Waals surface area contributed by atoms with E-state index in [9.17, 15) is 8.78 Å². The molecule has 0 N–H and O–H groups in total. The Bertz CT molecular complexity index is 1220. The fourth-order valence-electron chi connectivity index (χ4n) is 3.68. The summed E-state index contributed by atoms with van der Waals surface area (Å²) in [5.74, 6) is 0.560. The predicted molar refractivity (Wildman–Crippen MR) is 101 cm³/mol. The molecule has 1 aliphatic rings. The van der Waals surface area contributed by atoms with Crippen molar-refractivity contribution in [3.8, 4) is 23.1 Å². The number of aromatic nitrogens is 7. The molecule has 1 saturated carbocycles. The summed E-state index contributed by atoms with van der Waals surface area (Å²) in [4.78, 5) is 12.8. The van der Waals surface area contributed by atoms with Crippen LogP contribution in [0.1, 0.15) is 35.9 Å². The van der Waals surface area contributed by atoms with Crippen LogP contribution in [0, 0.1) is 0 Å². The van der Waals surface area contributed by atoms with E-state index in [2.05, 4.69) is 25.1 Å². The van der Waals surface area contributed by atoms with Crippen LogP contribution >= 0.6 is 0 Å². The lowest BCUT2D eigenvalue weighted by atomic mass is 10.1. The number of hydrogen-bond donors (Lipinski definition) is 0. The van der Waals surface area contributed by atoms with E-state index >= 15 is 0 Å². The fourth-order valence-corrected chi connectivity index (χ4v) is 3.68. The second kappa shape index (κ2) is 7.01. The van der Waals surface area contributed by atoms with Crippen molar-refractivity contribution in [1.82, 2.24) is 34.3 Å². The van der Waals surface area contributed by atoms with Gasteiger partial charge in [0.25, 0.3) is 0 Å². The summed E-state index contributed by atoms with van der Waals surface area (Å²) in [5.41, 5.74) is 3.70. The van der Waals surface area contributed by atoms with Crippen molar-refractivity contribution >= 4 is 5.65 Å². The molecule has 154 valence electrons. The Morgan fingerprint density at radius 3 is 2.73 bits per heavy atom. The minimum atomic E-state index is -2.65. The standard InChI is InChI=1S/C19H17F2N7O2/c1-29-17-14(8-23-19(25-17)30-2)15-6-13(16-22-3-4-27(16)26-15)12-5-11(12)10-7-24-28(9-10)18(20)21/h3-4,6-9,11-12,18H,5H2,1-2H3/t11-,12+/m1/s1. The van der Waals surface area contributed by atoms with Crippen molar-refractivity contribution < 1.29 is 18.3 Å². The van der Waals surface area contributed by atoms with Crippen molar-refractivity contribution in [1.29, 1.82) is 0 Å². The first-order valence-electron chi connectivity index (χ1n) is 9.21. The molecule has 0 aromatic carbocycles. The van der Waals surface area contributed by atoms with Gasteiger partial charge < -0.3 is 9.47 Å². The Balaban J connectivity index is 1.55. The molecule has 1 fully saturated rings. The van der Waals surface area contributed by atoms with Gasteiger partial charge in [-0.3, -0.25) is 0 Å². The summed E-state index contributed by atoms with van der Waals surface area (Å²) >= 11 is 0. The predicted octanol–water partition coefficient (Wildman–Crippen LogP) is 3.07. The zero-order chi connectivity index (χ0) is 20.8. The average Bonchev–Trinajstić information content (AvgIpc) is 3.16. The van der Waals surface area contributed by atoms with Gasteiger partial charge in [0.05, 0.1) is 31.7 Å². The van der Waals surface area contributed by atoms with E-state index in [1.807, 2.05) is 6.07 Å². The van der Waals surface area contributed by atoms with E-state index in [0.29, 0.717) is 21.8 Å². The Morgan fingerprint density at radius 2 is 2.00 bits per heavy atom. The zero-order valence-corrected chi connectivity index (χ0v) is 16.1. The summed E-state index contributed by atoms with van der Waals surface area (Å²) < 4.78 is 38.5. The van der Waals surface area contributed by atoms with E-state index < -0.39 is 6.55 Å². The maximum absolute atomic E-state index is 12.9. The highest BCUT2D eigenvalue weighted by atomic mass is 19.3. The summed E-state index contributed by atoms with van der Waals surface area (Å²) in [6.45, 7) is -2.65. The van der Waals surface area contributed by atoms with Crippen molar-refractivity contribution in [3.63, 3.8) is 0 Å². The number of hydrogen-bond acceptors (Lipinski definition) is 7. The van der Waals surface area contributed by atoms with Crippen LogP contribution in [-0.2, 0) is 0 Å². The minimum Gasteiger partial charge on any atom is -0.480 e. The smallest absolute Gasteiger partial charge is 0.333 e. The zero-order valence-electron chi connectivity index (χ0n) is 16.1. The molecule has 0 saturated heterocycles. The molecule has 0 bridgehead atoms. The molecule has 5 rings (SSSR count). The molecule has 11 heteroatoms. The van der Waals surface area contributed by atoms with Crippen molar-refractivity contribution in [2.45, 2.75) is 24.8 Å². The lowest BCUT2D eigenvalue weighted by Gasteiger charge is -2.10. The lowest BCUT2D eigenvalue weighted by Crippen LogP contribution is -2.02. The molecule has 4 aromatic heterocycles. The summed E-state index contributed by atoms with van der Waals surface area (Å²) in [6, 6.07) is 2.12. The van der Waals surface area contributed by atoms with Crippen molar-refractivity contribution in [2.24, 2.45) is 0 Å². The van der Waals surface area contributed by atoms with Gasteiger partial charge in [-0.2, -0.15) is 24.0 Å². The van der Waals surface area contributed by atoms with Crippen LogP contribution in [0.25, 0.3) is 16.9 Å². The first kappa shape index (κ1) is 18.4. The number of fused-ring (bicyclic) bond motifs is 1. The molecule has 9 nitrogen and oxygen atoms in total. The van der Waals surface area contributed by atoms with E-state index in [1.165, 1.54) is 26.6 Å². The van der Waals surface area contributed by atoms with Crippen molar-refractivity contribution in [2.75, 3.05) is 14.2 Å². The van der Waals surface area contributed by atoms with Gasteiger partial charge in [-0.25, -0.2) is 19.2 Å². The van der Waals surface area contributed by atoms with Crippen LogP contribution in [0.5, 0.6) is 11.9 Å². The molecule has 0 unspecified atom stereocenters. The number of halogens is 2.